The van der Waals surface area contributed by atoms with Crippen LogP contribution in [-0.4, -0.2) is 126 Å². The van der Waals surface area contributed by atoms with E-state index in [9.17, 15) is 38.4 Å². The number of carbonyl (C=O) groups excluding carboxylic acids is 8. The Bertz CT molecular complexity index is 2120. The summed E-state index contributed by atoms with van der Waals surface area (Å²) in [5.41, 5.74) is -2.39. The highest BCUT2D eigenvalue weighted by atomic mass is 16.6. The van der Waals surface area contributed by atoms with Crippen LogP contribution in [0.25, 0.3) is 0 Å². The van der Waals surface area contributed by atoms with Crippen LogP contribution in [0.2, 0.25) is 0 Å². The predicted octanol–water partition coefficient (Wildman–Crippen LogP) is 5.37. The molecule has 7 amide bonds. The Morgan fingerprint density at radius 1 is 0.592 bits per heavy atom. The van der Waals surface area contributed by atoms with E-state index in [-0.39, 0.29) is 64.1 Å². The monoisotopic (exact) mass is 992 g/mol. The summed E-state index contributed by atoms with van der Waals surface area (Å²) in [4.78, 5) is 111. The van der Waals surface area contributed by atoms with Crippen molar-refractivity contribution in [2.75, 3.05) is 26.7 Å². The molecule has 392 valence electrons. The highest BCUT2D eigenvalue weighted by Gasteiger charge is 2.46. The number of methoxy groups -OCH3 is 1. The Kier molecular flexibility index (Phi) is 20.6. The standard InChI is InChI=1S/C52H77N7O12/c1-49(2,3)69-46(65)53-28-18-17-23-37(44(63)59-29-26-52(27-30-59,45(64)68-10)58-48(67)71-51(7,8)9)54-41(60)39(33-36-24-25-36)55-42(61)38(31-34-19-13-11-14-20-34)56-43(62)40(32-35-21-15-12-16-22-35)57-47(66)70-50(4,5)6/h11-16,19-22,36-40H,17-18,23-33H2,1-10H3,(H,53,65)(H,54,60)(H,55,61)(H,56,62)(H,57,66)(H,58,67)/t37-,38-,39-,40-/m1/s1. The number of rotatable bonds is 21. The lowest BCUT2D eigenvalue weighted by atomic mass is 9.87. The van der Waals surface area contributed by atoms with Crippen molar-refractivity contribution in [2.45, 2.75) is 173 Å². The van der Waals surface area contributed by atoms with Crippen LogP contribution in [0.3, 0.4) is 0 Å². The van der Waals surface area contributed by atoms with Crippen molar-refractivity contribution >= 4 is 47.9 Å². The smallest absolute Gasteiger partial charge is 0.408 e. The van der Waals surface area contributed by atoms with Crippen LogP contribution in [0.4, 0.5) is 14.4 Å². The largest absolute Gasteiger partial charge is 0.467 e. The molecule has 2 aromatic rings. The Labute approximate surface area is 418 Å². The van der Waals surface area contributed by atoms with Crippen molar-refractivity contribution in [3.8, 4) is 0 Å². The van der Waals surface area contributed by atoms with E-state index in [0.717, 1.165) is 24.0 Å². The second-order valence-corrected chi connectivity index (χ2v) is 21.4. The molecule has 4 atom stereocenters. The van der Waals surface area contributed by atoms with E-state index in [4.69, 9.17) is 18.9 Å². The van der Waals surface area contributed by atoms with Crippen molar-refractivity contribution in [3.05, 3.63) is 71.8 Å². The molecule has 19 nitrogen and oxygen atoms in total. The molecule has 0 radical (unpaired) electrons. The summed E-state index contributed by atoms with van der Waals surface area (Å²) in [7, 11) is 1.21. The van der Waals surface area contributed by atoms with E-state index in [0.29, 0.717) is 12.8 Å². The zero-order valence-corrected chi connectivity index (χ0v) is 43.2. The van der Waals surface area contributed by atoms with Gasteiger partial charge in [0.25, 0.3) is 0 Å². The number of nitrogens with zero attached hydrogens (tertiary/aromatic N) is 1. The molecule has 2 aliphatic rings. The van der Waals surface area contributed by atoms with Gasteiger partial charge in [0.05, 0.1) is 7.11 Å². The van der Waals surface area contributed by atoms with Gasteiger partial charge in [0.15, 0.2) is 0 Å². The minimum atomic E-state index is -1.47. The van der Waals surface area contributed by atoms with E-state index in [1.165, 1.54) is 12.0 Å². The number of ether oxygens (including phenoxy) is 4. The average Bonchev–Trinajstić information content (AvgIpc) is 4.10. The quantitative estimate of drug-likeness (QED) is 0.0525. The molecule has 19 heteroatoms. The van der Waals surface area contributed by atoms with Crippen molar-refractivity contribution in [3.63, 3.8) is 0 Å². The van der Waals surface area contributed by atoms with Crippen LogP contribution in [0.1, 0.15) is 125 Å². The average molecular weight is 992 g/mol. The van der Waals surface area contributed by atoms with Gasteiger partial charge in [-0.15, -0.1) is 0 Å². The first-order valence-electron chi connectivity index (χ1n) is 24.6. The zero-order chi connectivity index (χ0) is 52.6. The number of likely N-dealkylation sites (tertiary alicyclic amines) is 1. The first kappa shape index (κ1) is 57.2. The molecule has 1 heterocycles. The predicted molar refractivity (Wildman–Crippen MR) is 265 cm³/mol. The van der Waals surface area contributed by atoms with Gasteiger partial charge in [-0.3, -0.25) is 19.2 Å². The third-order valence-electron chi connectivity index (χ3n) is 11.6. The Morgan fingerprint density at radius 3 is 1.54 bits per heavy atom. The number of nitrogens with one attached hydrogen (secondary N) is 6. The Hall–Kier alpha value is -6.40. The van der Waals surface area contributed by atoms with Crippen molar-refractivity contribution in [2.24, 2.45) is 5.92 Å². The van der Waals surface area contributed by atoms with Gasteiger partial charge in [-0.25, -0.2) is 19.2 Å². The fourth-order valence-electron chi connectivity index (χ4n) is 7.94. The van der Waals surface area contributed by atoms with Crippen LogP contribution in [0, 0.1) is 5.92 Å². The van der Waals surface area contributed by atoms with Crippen LogP contribution in [0.15, 0.2) is 60.7 Å². The zero-order valence-electron chi connectivity index (χ0n) is 43.2. The summed E-state index contributed by atoms with van der Waals surface area (Å²) in [6, 6.07) is 13.6. The molecular weight excluding hydrogens is 915 g/mol. The fourth-order valence-corrected chi connectivity index (χ4v) is 7.94. The number of unbranched alkanes of at least 4 members (excludes halogenated alkanes) is 1. The minimum Gasteiger partial charge on any atom is -0.467 e. The summed E-state index contributed by atoms with van der Waals surface area (Å²) in [6.07, 6.45) is 0.825. The second-order valence-electron chi connectivity index (χ2n) is 21.4. The minimum absolute atomic E-state index is 0.000480. The number of hydrogen-bond acceptors (Lipinski definition) is 12. The van der Waals surface area contributed by atoms with Gasteiger partial charge in [-0.2, -0.15) is 0 Å². The lowest BCUT2D eigenvalue weighted by molar-refractivity contribution is -0.153. The summed E-state index contributed by atoms with van der Waals surface area (Å²) >= 11 is 0. The molecule has 4 rings (SSSR count). The molecule has 2 fully saturated rings. The molecule has 2 aromatic carbocycles. The maximum Gasteiger partial charge on any atom is 0.408 e. The number of hydrogen-bond donors (Lipinski definition) is 6. The maximum absolute atomic E-state index is 14.5. The van der Waals surface area contributed by atoms with Crippen LogP contribution in [-0.2, 0) is 55.8 Å². The summed E-state index contributed by atoms with van der Waals surface area (Å²) in [5, 5.41) is 16.7. The highest BCUT2D eigenvalue weighted by Crippen LogP contribution is 2.34. The van der Waals surface area contributed by atoms with Gasteiger partial charge in [-0.1, -0.05) is 73.5 Å². The lowest BCUT2D eigenvalue weighted by Gasteiger charge is -2.41. The molecule has 1 saturated heterocycles. The third-order valence-corrected chi connectivity index (χ3v) is 11.6. The molecule has 0 bridgehead atoms. The third kappa shape index (κ3) is 20.5. The molecule has 1 aliphatic carbocycles. The molecule has 0 spiro atoms. The molecule has 71 heavy (non-hydrogen) atoms. The maximum atomic E-state index is 14.5. The van der Waals surface area contributed by atoms with Crippen LogP contribution < -0.4 is 31.9 Å². The molecular formula is C52H77N7O12. The number of esters is 1. The summed E-state index contributed by atoms with van der Waals surface area (Å²) in [5.74, 6) is -2.92. The number of alkyl carbamates (subject to hydrolysis) is 3. The molecule has 0 aromatic heterocycles. The number of piperidine rings is 1. The van der Waals surface area contributed by atoms with Gasteiger partial charge < -0.3 is 55.7 Å². The first-order chi connectivity index (χ1) is 33.2. The van der Waals surface area contributed by atoms with E-state index in [1.807, 2.05) is 48.5 Å². The molecule has 6 N–H and O–H groups in total. The van der Waals surface area contributed by atoms with E-state index in [1.54, 1.807) is 74.4 Å². The Morgan fingerprint density at radius 2 is 1.04 bits per heavy atom. The van der Waals surface area contributed by atoms with Crippen molar-refractivity contribution in [1.82, 2.24) is 36.8 Å². The van der Waals surface area contributed by atoms with E-state index >= 15 is 0 Å². The number of benzene rings is 2. The summed E-state index contributed by atoms with van der Waals surface area (Å²) < 4.78 is 21.3. The fraction of sp³-hybridized carbons (Fsp3) is 0.615. The number of amides is 7. The van der Waals surface area contributed by atoms with Gasteiger partial charge in [-0.05, 0) is 118 Å². The van der Waals surface area contributed by atoms with Crippen LogP contribution in [0.5, 0.6) is 0 Å². The topological polar surface area (TPSA) is 249 Å². The number of carbonyl (C=O) groups is 8. The van der Waals surface area contributed by atoms with Gasteiger partial charge in [0, 0.05) is 32.5 Å². The normalized spacial score (nSPS) is 16.3. The van der Waals surface area contributed by atoms with Crippen LogP contribution >= 0.6 is 0 Å². The highest BCUT2D eigenvalue weighted by molar-refractivity contribution is 5.96. The van der Waals surface area contributed by atoms with Crippen molar-refractivity contribution in [1.29, 1.82) is 0 Å². The van der Waals surface area contributed by atoms with Crippen molar-refractivity contribution < 1.29 is 57.3 Å². The molecule has 0 unspecified atom stereocenters. The first-order valence-corrected chi connectivity index (χ1v) is 24.6. The van der Waals surface area contributed by atoms with Gasteiger partial charge in [0.1, 0.15) is 46.5 Å². The lowest BCUT2D eigenvalue weighted by Crippen LogP contribution is -2.63. The van der Waals surface area contributed by atoms with Gasteiger partial charge in [0.2, 0.25) is 23.6 Å². The molecule has 1 aliphatic heterocycles. The van der Waals surface area contributed by atoms with E-state index in [2.05, 4.69) is 31.9 Å². The SMILES string of the molecule is COC(=O)C1(NC(=O)OC(C)(C)C)CCN(C(=O)[C@@H](CCCCNC(=O)OC(C)(C)C)NC(=O)[C@@H](CC2CC2)NC(=O)[C@@H](Cc2ccccc2)NC(=O)[C@@H](Cc2ccccc2)NC(=O)OC(C)(C)C)CC1. The van der Waals surface area contributed by atoms with E-state index < -0.39 is 94.4 Å². The second kappa shape index (κ2) is 25.6. The summed E-state index contributed by atoms with van der Waals surface area (Å²) in [6.45, 7) is 15.7. The van der Waals surface area contributed by atoms with Gasteiger partial charge >= 0.3 is 24.2 Å². The Balaban J connectivity index is 1.57. The molecule has 1 saturated carbocycles.